The summed E-state index contributed by atoms with van der Waals surface area (Å²) in [5.41, 5.74) is 4.08. The summed E-state index contributed by atoms with van der Waals surface area (Å²) in [5.74, 6) is 0. The molecule has 1 aliphatic heterocycles. The highest BCUT2D eigenvalue weighted by Gasteiger charge is 2.18. The molecule has 1 saturated heterocycles. The first-order valence-electron chi connectivity index (χ1n) is 7.85. The molecule has 2 nitrogen and oxygen atoms in total. The van der Waals surface area contributed by atoms with Gasteiger partial charge in [-0.05, 0) is 50.4 Å². The molecule has 0 bridgehead atoms. The largest absolute Gasteiger partial charge is 0.310 e. The molecule has 0 atom stereocenters. The first-order chi connectivity index (χ1) is 9.67. The molecule has 1 fully saturated rings. The fraction of sp³-hybridized carbons (Fsp3) is 0.556. The van der Waals surface area contributed by atoms with Crippen LogP contribution in [0.25, 0.3) is 0 Å². The fourth-order valence-electron chi connectivity index (χ4n) is 2.83. The normalized spacial score (nSPS) is 17.3. The molecule has 1 aromatic carbocycles. The summed E-state index contributed by atoms with van der Waals surface area (Å²) in [7, 11) is 0. The second kappa shape index (κ2) is 7.61. The third-order valence-electron chi connectivity index (χ3n) is 4.11. The zero-order valence-electron chi connectivity index (χ0n) is 13.0. The van der Waals surface area contributed by atoms with Crippen LogP contribution in [0.3, 0.4) is 0 Å². The summed E-state index contributed by atoms with van der Waals surface area (Å²) >= 11 is 0. The van der Waals surface area contributed by atoms with Crippen molar-refractivity contribution in [3.05, 3.63) is 47.5 Å². The topological polar surface area (TPSA) is 15.3 Å². The van der Waals surface area contributed by atoms with Crippen LogP contribution in [0, 0.1) is 0 Å². The summed E-state index contributed by atoms with van der Waals surface area (Å²) in [6.45, 7) is 12.8. The third kappa shape index (κ3) is 4.77. The van der Waals surface area contributed by atoms with E-state index in [0.717, 1.165) is 19.5 Å². The minimum Gasteiger partial charge on any atom is -0.310 e. The molecule has 110 valence electrons. The first kappa shape index (κ1) is 15.3. The number of likely N-dealkylation sites (tertiary alicyclic amines) is 1. The van der Waals surface area contributed by atoms with Gasteiger partial charge in [-0.15, -0.1) is 0 Å². The van der Waals surface area contributed by atoms with Crippen LogP contribution >= 0.6 is 0 Å². The van der Waals surface area contributed by atoms with E-state index in [4.69, 9.17) is 0 Å². The number of piperidine rings is 1. The monoisotopic (exact) mass is 272 g/mol. The van der Waals surface area contributed by atoms with Crippen LogP contribution in [0.4, 0.5) is 0 Å². The Labute approximate surface area is 123 Å². The van der Waals surface area contributed by atoms with Crippen molar-refractivity contribution in [2.24, 2.45) is 0 Å². The number of hydrogen-bond acceptors (Lipinski definition) is 2. The molecule has 2 heteroatoms. The van der Waals surface area contributed by atoms with Gasteiger partial charge in [0.2, 0.25) is 0 Å². The Morgan fingerprint density at radius 2 is 1.80 bits per heavy atom. The van der Waals surface area contributed by atoms with Gasteiger partial charge >= 0.3 is 0 Å². The predicted molar refractivity (Wildman–Crippen MR) is 86.9 cm³/mol. The Morgan fingerprint density at radius 3 is 2.35 bits per heavy atom. The molecule has 1 aliphatic rings. The van der Waals surface area contributed by atoms with Crippen molar-refractivity contribution in [2.45, 2.75) is 45.7 Å². The van der Waals surface area contributed by atoms with Gasteiger partial charge in [0.25, 0.3) is 0 Å². The fourth-order valence-corrected chi connectivity index (χ4v) is 2.83. The highest BCUT2D eigenvalue weighted by atomic mass is 15.1. The highest BCUT2D eigenvalue weighted by molar-refractivity contribution is 5.22. The Balaban J connectivity index is 1.71. The van der Waals surface area contributed by atoms with Gasteiger partial charge in [0.05, 0.1) is 0 Å². The molecule has 2 rings (SSSR count). The van der Waals surface area contributed by atoms with E-state index >= 15 is 0 Å². The molecular weight excluding hydrogens is 244 g/mol. The van der Waals surface area contributed by atoms with E-state index in [1.807, 2.05) is 0 Å². The van der Waals surface area contributed by atoms with Crippen LogP contribution in [-0.2, 0) is 13.0 Å². The molecule has 1 N–H and O–H groups in total. The highest BCUT2D eigenvalue weighted by Crippen LogP contribution is 2.12. The lowest BCUT2D eigenvalue weighted by molar-refractivity contribution is 0.211. The van der Waals surface area contributed by atoms with Crippen LogP contribution < -0.4 is 5.32 Å². The number of nitrogens with zero attached hydrogens (tertiary/aromatic N) is 1. The van der Waals surface area contributed by atoms with Crippen molar-refractivity contribution < 1.29 is 0 Å². The first-order valence-corrected chi connectivity index (χ1v) is 7.85. The molecular formula is C18H28N2. The predicted octanol–water partition coefficient (Wildman–Crippen LogP) is 3.38. The molecule has 1 heterocycles. The summed E-state index contributed by atoms with van der Waals surface area (Å²) < 4.78 is 0. The van der Waals surface area contributed by atoms with Crippen LogP contribution in [0.2, 0.25) is 0 Å². The Hall–Kier alpha value is -1.12. The van der Waals surface area contributed by atoms with E-state index in [0.29, 0.717) is 6.04 Å². The molecule has 0 saturated carbocycles. The van der Waals surface area contributed by atoms with Crippen molar-refractivity contribution in [3.8, 4) is 0 Å². The van der Waals surface area contributed by atoms with E-state index in [1.165, 1.54) is 42.6 Å². The summed E-state index contributed by atoms with van der Waals surface area (Å²) in [6, 6.07) is 9.66. The third-order valence-corrected chi connectivity index (χ3v) is 4.11. The lowest BCUT2D eigenvalue weighted by atomic mass is 10.0. The lowest BCUT2D eigenvalue weighted by Crippen LogP contribution is -2.42. The molecule has 0 radical (unpaired) electrons. The van der Waals surface area contributed by atoms with Gasteiger partial charge in [-0.3, -0.25) is 4.90 Å². The number of benzene rings is 1. The SMILES string of the molecule is C=C(C)CN1CCC(NCc2ccc(CC)cc2)CC1. The minimum absolute atomic E-state index is 0.669. The van der Waals surface area contributed by atoms with Crippen molar-refractivity contribution in [1.29, 1.82) is 0 Å². The van der Waals surface area contributed by atoms with Crippen molar-refractivity contribution >= 4 is 0 Å². The quantitative estimate of drug-likeness (QED) is 0.799. The van der Waals surface area contributed by atoms with Crippen molar-refractivity contribution in [1.82, 2.24) is 10.2 Å². The molecule has 0 spiro atoms. The van der Waals surface area contributed by atoms with Gasteiger partial charge in [-0.25, -0.2) is 0 Å². The maximum absolute atomic E-state index is 4.00. The number of nitrogens with one attached hydrogen (secondary N) is 1. The molecule has 0 amide bonds. The van der Waals surface area contributed by atoms with Gasteiger partial charge in [0, 0.05) is 19.1 Å². The smallest absolute Gasteiger partial charge is 0.0208 e. The second-order valence-corrected chi connectivity index (χ2v) is 6.06. The molecule has 1 aromatic rings. The van der Waals surface area contributed by atoms with E-state index < -0.39 is 0 Å². The zero-order chi connectivity index (χ0) is 14.4. The van der Waals surface area contributed by atoms with Crippen molar-refractivity contribution in [2.75, 3.05) is 19.6 Å². The van der Waals surface area contributed by atoms with Crippen LogP contribution in [0.15, 0.2) is 36.4 Å². The number of rotatable bonds is 6. The summed E-state index contributed by atoms with van der Waals surface area (Å²) in [4.78, 5) is 2.51. The van der Waals surface area contributed by atoms with Crippen LogP contribution in [0.5, 0.6) is 0 Å². The van der Waals surface area contributed by atoms with Crippen LogP contribution in [-0.4, -0.2) is 30.6 Å². The lowest BCUT2D eigenvalue weighted by Gasteiger charge is -2.32. The maximum Gasteiger partial charge on any atom is 0.0208 e. The Kier molecular flexibility index (Phi) is 5.81. The number of aryl methyl sites for hydroxylation is 1. The Morgan fingerprint density at radius 1 is 1.20 bits per heavy atom. The van der Waals surface area contributed by atoms with E-state index in [1.54, 1.807) is 0 Å². The number of hydrogen-bond donors (Lipinski definition) is 1. The van der Waals surface area contributed by atoms with Gasteiger partial charge in [0.1, 0.15) is 0 Å². The average molecular weight is 272 g/mol. The van der Waals surface area contributed by atoms with Gasteiger partial charge in [-0.2, -0.15) is 0 Å². The van der Waals surface area contributed by atoms with Crippen molar-refractivity contribution in [3.63, 3.8) is 0 Å². The molecule has 0 aromatic heterocycles. The molecule has 0 aliphatic carbocycles. The Bertz CT molecular complexity index is 414. The molecule has 0 unspecified atom stereocenters. The summed E-state index contributed by atoms with van der Waals surface area (Å²) in [5, 5.41) is 3.70. The van der Waals surface area contributed by atoms with Gasteiger partial charge in [-0.1, -0.05) is 43.3 Å². The maximum atomic E-state index is 4.00. The standard InChI is InChI=1S/C18H28N2/c1-4-16-5-7-17(8-6-16)13-19-18-9-11-20(12-10-18)14-15(2)3/h5-8,18-19H,2,4,9-14H2,1,3H3. The minimum atomic E-state index is 0.669. The van der Waals surface area contributed by atoms with Crippen LogP contribution in [0.1, 0.15) is 37.8 Å². The summed E-state index contributed by atoms with van der Waals surface area (Å²) in [6.07, 6.45) is 3.62. The van der Waals surface area contributed by atoms with E-state index in [9.17, 15) is 0 Å². The second-order valence-electron chi connectivity index (χ2n) is 6.06. The van der Waals surface area contributed by atoms with E-state index in [-0.39, 0.29) is 0 Å². The van der Waals surface area contributed by atoms with Gasteiger partial charge < -0.3 is 5.32 Å². The molecule has 20 heavy (non-hydrogen) atoms. The zero-order valence-corrected chi connectivity index (χ0v) is 13.0. The average Bonchev–Trinajstić information content (AvgIpc) is 2.46. The van der Waals surface area contributed by atoms with Gasteiger partial charge in [0.15, 0.2) is 0 Å². The van der Waals surface area contributed by atoms with E-state index in [2.05, 4.69) is 54.9 Å².